The van der Waals surface area contributed by atoms with Crippen LogP contribution in [0.25, 0.3) is 34.7 Å². The van der Waals surface area contributed by atoms with Crippen molar-refractivity contribution in [2.24, 2.45) is 0 Å². The monoisotopic (exact) mass is 554 g/mol. The normalized spacial score (nSPS) is 19.0. The van der Waals surface area contributed by atoms with Crippen LogP contribution in [0.5, 0.6) is 0 Å². The van der Waals surface area contributed by atoms with Crippen molar-refractivity contribution < 1.29 is 9.13 Å². The molecule has 1 atom stereocenters. The molecule has 0 saturated carbocycles. The molecule has 2 nitrogen and oxygen atoms in total. The van der Waals surface area contributed by atoms with Gasteiger partial charge in [0.25, 0.3) is 0 Å². The fourth-order valence-corrected chi connectivity index (χ4v) is 7.91. The van der Waals surface area contributed by atoms with Crippen LogP contribution in [-0.4, -0.2) is 0 Å². The second kappa shape index (κ2) is 11.5. The van der Waals surface area contributed by atoms with Crippen LogP contribution < -0.4 is 19.6 Å². The number of pyridine rings is 2. The van der Waals surface area contributed by atoms with Crippen LogP contribution in [0.2, 0.25) is 0 Å². The van der Waals surface area contributed by atoms with Gasteiger partial charge < -0.3 is 0 Å². The van der Waals surface area contributed by atoms with E-state index in [4.69, 9.17) is 0 Å². The molecule has 2 heteroatoms. The number of unbranched alkanes of at least 4 members (excludes halogenated alkanes) is 3. The van der Waals surface area contributed by atoms with Gasteiger partial charge in [-0.25, -0.2) is 0 Å². The largest absolute Gasteiger partial charge is 0.221 e. The van der Waals surface area contributed by atoms with Gasteiger partial charge in [0.15, 0.2) is 24.5 Å². The molecule has 2 aromatic heterocycles. The van der Waals surface area contributed by atoms with Gasteiger partial charge in [-0.2, -0.15) is 9.13 Å². The summed E-state index contributed by atoms with van der Waals surface area (Å²) >= 11 is 0. The minimum Gasteiger partial charge on any atom is -0.197 e. The molecule has 0 radical (unpaired) electrons. The summed E-state index contributed by atoms with van der Waals surface area (Å²) < 4.78 is 5.18. The lowest BCUT2D eigenvalue weighted by molar-refractivity contribution is -0.761. The summed E-state index contributed by atoms with van der Waals surface area (Å²) in [6.45, 7) is 14.5. The fraction of sp³-hybridized carbons (Fsp3) is 0.350. The number of aromatic nitrogens is 2. The van der Waals surface area contributed by atoms with Gasteiger partial charge in [-0.15, -0.1) is 0 Å². The maximum Gasteiger partial charge on any atom is 0.221 e. The first-order valence-corrected chi connectivity index (χ1v) is 16.1. The number of nitrogens with zero attached hydrogens (tertiary/aromatic N) is 2. The summed E-state index contributed by atoms with van der Waals surface area (Å²) in [5.74, 6) is 0. The van der Waals surface area contributed by atoms with E-state index < -0.39 is 0 Å². The molecule has 6 rings (SSSR count). The minimum atomic E-state index is -0.171. The lowest BCUT2D eigenvalue weighted by atomic mass is 9.63. The second-order valence-electron chi connectivity index (χ2n) is 12.6. The molecule has 4 heterocycles. The van der Waals surface area contributed by atoms with Crippen molar-refractivity contribution in [2.45, 2.75) is 90.1 Å². The number of hydrogen-bond donors (Lipinski definition) is 0. The Kier molecular flexibility index (Phi) is 7.75. The first-order valence-electron chi connectivity index (χ1n) is 16.1. The molecule has 0 saturated heterocycles. The van der Waals surface area contributed by atoms with E-state index in [-0.39, 0.29) is 11.0 Å². The molecule has 1 spiro atoms. The van der Waals surface area contributed by atoms with Crippen molar-refractivity contribution in [3.63, 3.8) is 0 Å². The number of allylic oxidation sites excluding steroid dienone is 1. The Morgan fingerprint density at radius 3 is 2.24 bits per heavy atom. The van der Waals surface area contributed by atoms with Crippen molar-refractivity contribution in [3.05, 3.63) is 119 Å². The lowest BCUT2D eigenvalue weighted by Crippen LogP contribution is -2.62. The van der Waals surface area contributed by atoms with Crippen LogP contribution in [0, 0.1) is 0 Å². The molecular formula is C40H46N2+2. The van der Waals surface area contributed by atoms with E-state index in [1.54, 1.807) is 0 Å². The predicted octanol–water partition coefficient (Wildman–Crippen LogP) is 7.53. The summed E-state index contributed by atoms with van der Waals surface area (Å²) in [6, 6.07) is 27.5. The summed E-state index contributed by atoms with van der Waals surface area (Å²) in [5, 5.41) is 2.64. The smallest absolute Gasteiger partial charge is 0.197 e. The average Bonchev–Trinajstić information content (AvgIpc) is 3.12. The van der Waals surface area contributed by atoms with Gasteiger partial charge in [0.1, 0.15) is 0 Å². The molecule has 4 aromatic rings. The highest BCUT2D eigenvalue weighted by atomic mass is 15.1. The Bertz CT molecular complexity index is 1760. The zero-order chi connectivity index (χ0) is 29.3. The molecule has 0 fully saturated rings. The van der Waals surface area contributed by atoms with Crippen molar-refractivity contribution in [2.75, 3.05) is 0 Å². The van der Waals surface area contributed by atoms with Gasteiger partial charge in [-0.05, 0) is 60.4 Å². The third-order valence-corrected chi connectivity index (χ3v) is 10.0. The summed E-state index contributed by atoms with van der Waals surface area (Å²) in [7, 11) is 0. The standard InChI is InChI=1S/C40H46N2/c1-6-9-10-11-18-31-24-26-42-38(34(31)27-30(4)5)33-20-13-15-22-36(33)40(28-39(42,7-2)8-3)29-41-25-17-16-23-37(41)32-19-12-14-21-35(32)40/h12-27H,4,6-11,28-29H2,1-3,5H3/q+2. The Morgan fingerprint density at radius 1 is 0.833 bits per heavy atom. The van der Waals surface area contributed by atoms with Gasteiger partial charge in [0, 0.05) is 37.5 Å². The van der Waals surface area contributed by atoms with E-state index in [1.165, 1.54) is 63.3 Å². The summed E-state index contributed by atoms with van der Waals surface area (Å²) in [5.41, 5.74) is 9.14. The summed E-state index contributed by atoms with van der Waals surface area (Å²) in [6.07, 6.45) is 17.5. The highest BCUT2D eigenvalue weighted by Gasteiger charge is 2.56. The maximum absolute atomic E-state index is 4.36. The molecule has 0 aliphatic carbocycles. The van der Waals surface area contributed by atoms with Gasteiger partial charge in [0.2, 0.25) is 11.4 Å². The molecule has 214 valence electrons. The predicted molar refractivity (Wildman–Crippen MR) is 175 cm³/mol. The van der Waals surface area contributed by atoms with Crippen LogP contribution in [0.15, 0.2) is 97.3 Å². The Morgan fingerprint density at radius 2 is 1.52 bits per heavy atom. The first-order chi connectivity index (χ1) is 20.5. The molecule has 1 unspecified atom stereocenters. The van der Waals surface area contributed by atoms with E-state index in [2.05, 4.69) is 141 Å². The van der Waals surface area contributed by atoms with Crippen LogP contribution in [0.4, 0.5) is 0 Å². The topological polar surface area (TPSA) is 7.76 Å². The molecule has 0 amide bonds. The van der Waals surface area contributed by atoms with E-state index in [0.29, 0.717) is 0 Å². The number of hydrogen-bond acceptors (Lipinski definition) is 0. The molecule has 2 aliphatic rings. The number of fused-ring (bicyclic) bond motifs is 8. The zero-order valence-electron chi connectivity index (χ0n) is 26.0. The highest BCUT2D eigenvalue weighted by Crippen LogP contribution is 2.51. The third kappa shape index (κ3) is 4.56. The van der Waals surface area contributed by atoms with Gasteiger partial charge in [-0.1, -0.05) is 88.2 Å². The van der Waals surface area contributed by atoms with Crippen molar-refractivity contribution in [1.29, 1.82) is 0 Å². The SMILES string of the molecule is C=C(C)C=c1c2[n+](ccc1=CCCCCC)C(CC)(CC)CC1(C[n+]3ccccc3-c3ccccc31)c1ccccc1-2. The lowest BCUT2D eigenvalue weighted by Gasteiger charge is -2.40. The second-order valence-corrected chi connectivity index (χ2v) is 12.6. The quantitative estimate of drug-likeness (QED) is 0.165. The van der Waals surface area contributed by atoms with Crippen LogP contribution in [0.1, 0.15) is 83.8 Å². The molecule has 2 aromatic carbocycles. The molecule has 2 aliphatic heterocycles. The molecular weight excluding hydrogens is 508 g/mol. The Hall–Kier alpha value is -3.78. The minimum absolute atomic E-state index is 0.0489. The van der Waals surface area contributed by atoms with E-state index in [1.807, 2.05) is 0 Å². The van der Waals surface area contributed by atoms with Crippen molar-refractivity contribution in [3.8, 4) is 22.5 Å². The van der Waals surface area contributed by atoms with E-state index >= 15 is 0 Å². The molecule has 42 heavy (non-hydrogen) atoms. The summed E-state index contributed by atoms with van der Waals surface area (Å²) in [4.78, 5) is 0. The van der Waals surface area contributed by atoms with E-state index in [0.717, 1.165) is 37.8 Å². The zero-order valence-corrected chi connectivity index (χ0v) is 26.0. The van der Waals surface area contributed by atoms with Gasteiger partial charge in [-0.3, -0.25) is 0 Å². The van der Waals surface area contributed by atoms with Gasteiger partial charge >= 0.3 is 0 Å². The van der Waals surface area contributed by atoms with Crippen molar-refractivity contribution in [1.82, 2.24) is 0 Å². The average molecular weight is 555 g/mol. The van der Waals surface area contributed by atoms with Crippen LogP contribution >= 0.6 is 0 Å². The highest BCUT2D eigenvalue weighted by molar-refractivity contribution is 5.73. The number of benzene rings is 2. The van der Waals surface area contributed by atoms with Crippen molar-refractivity contribution >= 4 is 12.2 Å². The molecule has 0 N–H and O–H groups in total. The van der Waals surface area contributed by atoms with Crippen LogP contribution in [-0.2, 0) is 17.5 Å². The first kappa shape index (κ1) is 28.3. The van der Waals surface area contributed by atoms with E-state index in [9.17, 15) is 0 Å². The Balaban J connectivity index is 1.74. The number of rotatable bonds is 7. The third-order valence-electron chi connectivity index (χ3n) is 10.0. The Labute approximate surface area is 252 Å². The van der Waals surface area contributed by atoms with Crippen LogP contribution in [0.3, 0.4) is 0 Å². The molecule has 0 bridgehead atoms. The fourth-order valence-electron chi connectivity index (χ4n) is 7.91. The van der Waals surface area contributed by atoms with Gasteiger partial charge in [0.05, 0.1) is 21.8 Å². The maximum atomic E-state index is 4.36.